The fourth-order valence-corrected chi connectivity index (χ4v) is 3.73. The summed E-state index contributed by atoms with van der Waals surface area (Å²) < 4.78 is 39.6. The van der Waals surface area contributed by atoms with Gasteiger partial charge in [0.05, 0.1) is 0 Å². The Morgan fingerprint density at radius 2 is 0.762 bits per heavy atom. The maximum atomic E-state index is 14.8. The second-order valence-corrected chi connectivity index (χ2v) is 8.93. The summed E-state index contributed by atoms with van der Waals surface area (Å²) in [5.41, 5.74) is 3.67. The second-order valence-electron chi connectivity index (χ2n) is 8.93. The molecular weight excluding hydrogens is 534 g/mol. The lowest BCUT2D eigenvalue weighted by Gasteiger charge is -2.04. The van der Waals surface area contributed by atoms with Gasteiger partial charge in [-0.25, -0.2) is 18.4 Å². The van der Waals surface area contributed by atoms with Crippen molar-refractivity contribution in [2.24, 2.45) is 0 Å². The Morgan fingerprint density at radius 3 is 1.07 bits per heavy atom. The summed E-state index contributed by atoms with van der Waals surface area (Å²) >= 11 is 0. The predicted molar refractivity (Wildman–Crippen MR) is 164 cm³/mol. The summed E-state index contributed by atoms with van der Waals surface area (Å²) in [5.74, 6) is -2.17. The van der Waals surface area contributed by atoms with E-state index in [-0.39, 0.29) is 11.1 Å². The van der Waals surface area contributed by atoms with Crippen LogP contribution in [-0.4, -0.2) is 11.9 Å². The zero-order valence-corrected chi connectivity index (χ0v) is 22.5. The average molecular weight is 561 g/mol. The minimum Gasteiger partial charge on any atom is -0.423 e. The first-order chi connectivity index (χ1) is 20.3. The Morgan fingerprint density at radius 1 is 0.476 bits per heavy atom. The van der Waals surface area contributed by atoms with E-state index in [1.165, 1.54) is 24.3 Å². The van der Waals surface area contributed by atoms with Crippen molar-refractivity contribution in [2.75, 3.05) is 0 Å². The molecule has 0 radical (unpaired) electrons. The zero-order valence-electron chi connectivity index (χ0n) is 22.5. The van der Waals surface area contributed by atoms with E-state index < -0.39 is 23.6 Å². The first-order valence-electron chi connectivity index (χ1n) is 12.9. The molecule has 42 heavy (non-hydrogen) atoms. The highest BCUT2D eigenvalue weighted by molar-refractivity contribution is 5.84. The molecule has 0 spiro atoms. The number of carbonyl (C=O) groups excluding carboxylic acids is 2. The molecule has 0 heterocycles. The van der Waals surface area contributed by atoms with Crippen LogP contribution in [0.15, 0.2) is 110 Å². The van der Waals surface area contributed by atoms with Crippen LogP contribution in [0.2, 0.25) is 0 Å². The molecule has 0 atom stereocenters. The van der Waals surface area contributed by atoms with Crippen molar-refractivity contribution >= 4 is 48.4 Å². The molecule has 0 N–H and O–H groups in total. The molecule has 4 aromatic rings. The van der Waals surface area contributed by atoms with Gasteiger partial charge in [-0.2, -0.15) is 0 Å². The van der Waals surface area contributed by atoms with Crippen LogP contribution >= 0.6 is 0 Å². The van der Waals surface area contributed by atoms with Gasteiger partial charge in [-0.3, -0.25) is 0 Å². The lowest BCUT2D eigenvalue weighted by Crippen LogP contribution is -2.02. The highest BCUT2D eigenvalue weighted by atomic mass is 19.2. The van der Waals surface area contributed by atoms with Crippen LogP contribution in [0.1, 0.15) is 33.4 Å². The van der Waals surface area contributed by atoms with Gasteiger partial charge in [-0.15, -0.1) is 0 Å². The fourth-order valence-electron chi connectivity index (χ4n) is 3.73. The van der Waals surface area contributed by atoms with E-state index >= 15 is 0 Å². The number of ether oxygens (including phenoxy) is 2. The predicted octanol–water partition coefficient (Wildman–Crippen LogP) is 8.66. The third-order valence-electron chi connectivity index (χ3n) is 5.99. The number of hydrogen-bond donors (Lipinski definition) is 0. The average Bonchev–Trinajstić information content (AvgIpc) is 3.02. The standard InChI is InChI=1S/C36H26F2O4/c1-3-33(39)41-31-21-13-27(14-22-31)10-7-25-5-8-26(9-6-25)11-17-29-19-20-30(36(38)35(29)37)18-12-28-15-23-32(24-16-28)42-34(40)4-2/h3-24H,1-2H2/b10-7+,17-11+,18-12+. The van der Waals surface area contributed by atoms with Gasteiger partial charge in [0.15, 0.2) is 11.6 Å². The molecule has 0 fully saturated rings. The zero-order chi connectivity index (χ0) is 29.9. The smallest absolute Gasteiger partial charge is 0.335 e. The summed E-state index contributed by atoms with van der Waals surface area (Å²) in [6, 6.07) is 24.3. The van der Waals surface area contributed by atoms with Gasteiger partial charge in [0.1, 0.15) is 11.5 Å². The van der Waals surface area contributed by atoms with Crippen molar-refractivity contribution in [2.45, 2.75) is 0 Å². The Balaban J connectivity index is 1.37. The number of hydrogen-bond acceptors (Lipinski definition) is 4. The quantitative estimate of drug-likeness (QED) is 0.0843. The van der Waals surface area contributed by atoms with Crippen LogP contribution in [0.25, 0.3) is 36.5 Å². The molecule has 0 aliphatic heterocycles. The maximum Gasteiger partial charge on any atom is 0.335 e. The highest BCUT2D eigenvalue weighted by Crippen LogP contribution is 2.22. The Labute approximate surface area is 242 Å². The number of esters is 2. The van der Waals surface area contributed by atoms with Crippen LogP contribution in [0.4, 0.5) is 8.78 Å². The van der Waals surface area contributed by atoms with Crippen molar-refractivity contribution < 1.29 is 27.8 Å². The summed E-state index contributed by atoms with van der Waals surface area (Å²) in [6.45, 7) is 6.71. The van der Waals surface area contributed by atoms with Crippen molar-refractivity contribution in [1.29, 1.82) is 0 Å². The van der Waals surface area contributed by atoms with E-state index in [9.17, 15) is 18.4 Å². The fraction of sp³-hybridized carbons (Fsp3) is 0. The van der Waals surface area contributed by atoms with Crippen molar-refractivity contribution in [1.82, 2.24) is 0 Å². The van der Waals surface area contributed by atoms with Gasteiger partial charge < -0.3 is 9.47 Å². The van der Waals surface area contributed by atoms with E-state index in [1.54, 1.807) is 48.6 Å². The van der Waals surface area contributed by atoms with Gasteiger partial charge in [0.2, 0.25) is 0 Å². The molecule has 0 amide bonds. The van der Waals surface area contributed by atoms with Gasteiger partial charge in [-0.05, 0) is 46.5 Å². The minimum absolute atomic E-state index is 0.107. The van der Waals surface area contributed by atoms with Gasteiger partial charge in [-0.1, -0.05) is 110 Å². The van der Waals surface area contributed by atoms with E-state index in [1.807, 2.05) is 48.6 Å². The molecule has 0 saturated heterocycles. The SMILES string of the molecule is C=CC(=O)Oc1ccc(/C=C/c2ccc(/C=C/c3ccc(/C=C/c4ccc(OC(=O)C=C)cc4)c(F)c3F)cc2)cc1. The molecule has 208 valence electrons. The van der Waals surface area contributed by atoms with Gasteiger partial charge >= 0.3 is 11.9 Å². The van der Waals surface area contributed by atoms with Crippen LogP contribution < -0.4 is 9.47 Å². The van der Waals surface area contributed by atoms with Crippen LogP contribution in [0, 0.1) is 11.6 Å². The summed E-state index contributed by atoms with van der Waals surface area (Å²) in [4.78, 5) is 22.5. The van der Waals surface area contributed by atoms with Crippen LogP contribution in [-0.2, 0) is 9.59 Å². The van der Waals surface area contributed by atoms with Gasteiger partial charge in [0, 0.05) is 23.3 Å². The largest absolute Gasteiger partial charge is 0.423 e. The number of halogens is 2. The third-order valence-corrected chi connectivity index (χ3v) is 5.99. The first-order valence-corrected chi connectivity index (χ1v) is 12.9. The molecule has 4 rings (SSSR count). The third kappa shape index (κ3) is 8.19. The topological polar surface area (TPSA) is 52.6 Å². The van der Waals surface area contributed by atoms with E-state index in [0.717, 1.165) is 34.4 Å². The van der Waals surface area contributed by atoms with Crippen molar-refractivity contribution in [3.05, 3.63) is 155 Å². The molecule has 4 aromatic carbocycles. The maximum absolute atomic E-state index is 14.8. The number of benzene rings is 4. The molecular formula is C36H26F2O4. The summed E-state index contributed by atoms with van der Waals surface area (Å²) in [6.07, 6.45) is 12.4. The highest BCUT2D eigenvalue weighted by Gasteiger charge is 2.10. The molecule has 0 aromatic heterocycles. The van der Waals surface area contributed by atoms with E-state index in [0.29, 0.717) is 11.5 Å². The molecule has 0 aliphatic carbocycles. The molecule has 0 saturated carbocycles. The van der Waals surface area contributed by atoms with Crippen LogP contribution in [0.5, 0.6) is 11.5 Å². The first kappa shape index (κ1) is 29.4. The van der Waals surface area contributed by atoms with Crippen molar-refractivity contribution in [3.63, 3.8) is 0 Å². The molecule has 0 aliphatic rings. The second kappa shape index (κ2) is 14.1. The normalized spacial score (nSPS) is 11.2. The summed E-state index contributed by atoms with van der Waals surface area (Å²) in [7, 11) is 0. The number of rotatable bonds is 10. The minimum atomic E-state index is -0.947. The molecule has 0 unspecified atom stereocenters. The van der Waals surface area contributed by atoms with E-state index in [4.69, 9.17) is 9.47 Å². The Hall–Kier alpha value is -5.62. The van der Waals surface area contributed by atoms with Crippen molar-refractivity contribution in [3.8, 4) is 11.5 Å². The van der Waals surface area contributed by atoms with Crippen LogP contribution in [0.3, 0.4) is 0 Å². The Kier molecular flexibility index (Phi) is 9.89. The lowest BCUT2D eigenvalue weighted by molar-refractivity contribution is -0.129. The monoisotopic (exact) mass is 560 g/mol. The molecule has 6 heteroatoms. The lowest BCUT2D eigenvalue weighted by atomic mass is 10.1. The van der Waals surface area contributed by atoms with E-state index in [2.05, 4.69) is 13.2 Å². The number of carbonyl (C=O) groups is 2. The van der Waals surface area contributed by atoms with Gasteiger partial charge in [0.25, 0.3) is 0 Å². The molecule has 4 nitrogen and oxygen atoms in total. The summed E-state index contributed by atoms with van der Waals surface area (Å²) in [5, 5.41) is 0. The molecule has 0 bridgehead atoms. The Bertz CT molecular complexity index is 1680.